The van der Waals surface area contributed by atoms with Gasteiger partial charge in [0.2, 0.25) is 0 Å². The first kappa shape index (κ1) is 37.3. The van der Waals surface area contributed by atoms with E-state index < -0.39 is 0 Å². The molecule has 8 aromatic rings. The molecule has 0 radical (unpaired) electrons. The Labute approximate surface area is 343 Å². The van der Waals surface area contributed by atoms with Crippen LogP contribution in [0.2, 0.25) is 0 Å². The molecule has 0 amide bonds. The zero-order chi connectivity index (χ0) is 40.4. The van der Waals surface area contributed by atoms with Crippen LogP contribution < -0.4 is 14.5 Å². The third-order valence-electron chi connectivity index (χ3n) is 11.9. The second-order valence-electron chi connectivity index (χ2n) is 18.3. The standard InChI is InChI=1S/C53H52N4O/c1-51(2,3)37-18-14-19-40(30-37)55-35-56(49-31-38(52(4,5)6)24-27-47(49)55)41-20-15-21-42(33-41)58-43-25-26-45-44-22-12-13-23-46(44)57(48(45)34-43)50-32-39(28-29-54-50)53(7,8)36-16-10-9-11-17-36/h9-34H,35H2,1-8H3. The number of aromatic nitrogens is 2. The largest absolute Gasteiger partial charge is 0.457 e. The van der Waals surface area contributed by atoms with E-state index in [1.807, 2.05) is 12.3 Å². The van der Waals surface area contributed by atoms with Gasteiger partial charge >= 0.3 is 0 Å². The molecule has 58 heavy (non-hydrogen) atoms. The molecular formula is C53H52N4O. The third kappa shape index (κ3) is 6.68. The second-order valence-corrected chi connectivity index (χ2v) is 18.3. The minimum atomic E-state index is -0.200. The van der Waals surface area contributed by atoms with Crippen LogP contribution >= 0.6 is 0 Å². The fraction of sp³-hybridized carbons (Fsp3) is 0.226. The van der Waals surface area contributed by atoms with E-state index in [2.05, 4.69) is 215 Å². The number of fused-ring (bicyclic) bond motifs is 4. The molecule has 3 heterocycles. The molecule has 9 rings (SSSR count). The van der Waals surface area contributed by atoms with Crippen LogP contribution in [0.3, 0.4) is 0 Å². The molecule has 290 valence electrons. The van der Waals surface area contributed by atoms with Crippen LogP contribution in [0.15, 0.2) is 158 Å². The molecular weight excluding hydrogens is 709 g/mol. The van der Waals surface area contributed by atoms with Crippen LogP contribution in [0.1, 0.15) is 77.6 Å². The average molecular weight is 761 g/mol. The lowest BCUT2D eigenvalue weighted by Crippen LogP contribution is -2.24. The quantitative estimate of drug-likeness (QED) is 0.162. The molecule has 2 aromatic heterocycles. The molecule has 0 atom stereocenters. The van der Waals surface area contributed by atoms with Crippen molar-refractivity contribution in [2.24, 2.45) is 0 Å². The van der Waals surface area contributed by atoms with Gasteiger partial charge in [0.15, 0.2) is 0 Å². The van der Waals surface area contributed by atoms with Crippen LogP contribution in [0.25, 0.3) is 27.6 Å². The lowest BCUT2D eigenvalue weighted by atomic mass is 9.78. The molecule has 0 saturated heterocycles. The zero-order valence-corrected chi connectivity index (χ0v) is 34.9. The van der Waals surface area contributed by atoms with Crippen molar-refractivity contribution in [2.75, 3.05) is 16.5 Å². The number of rotatable bonds is 7. The SMILES string of the molecule is CC(C)(C)c1cccc(N2CN(c3cccc(Oc4ccc5c6ccccc6n(-c6cc(C(C)(C)c7ccccc7)ccn6)c5c4)c3)c3cc(C(C)(C)C)ccc32)c1. The van der Waals surface area contributed by atoms with E-state index in [4.69, 9.17) is 9.72 Å². The zero-order valence-electron chi connectivity index (χ0n) is 34.9. The fourth-order valence-corrected chi connectivity index (χ4v) is 8.37. The van der Waals surface area contributed by atoms with E-state index in [9.17, 15) is 0 Å². The Balaban J connectivity index is 1.09. The second kappa shape index (κ2) is 13.9. The molecule has 0 unspecified atom stereocenters. The Morgan fingerprint density at radius 2 is 1.10 bits per heavy atom. The van der Waals surface area contributed by atoms with E-state index in [-0.39, 0.29) is 16.2 Å². The van der Waals surface area contributed by atoms with Crippen molar-refractivity contribution < 1.29 is 4.74 Å². The van der Waals surface area contributed by atoms with Crippen molar-refractivity contribution in [3.63, 3.8) is 0 Å². The number of hydrogen-bond acceptors (Lipinski definition) is 4. The van der Waals surface area contributed by atoms with Crippen molar-refractivity contribution in [1.29, 1.82) is 0 Å². The first-order valence-corrected chi connectivity index (χ1v) is 20.4. The van der Waals surface area contributed by atoms with E-state index in [0.29, 0.717) is 6.67 Å². The number of anilines is 4. The summed E-state index contributed by atoms with van der Waals surface area (Å²) in [7, 11) is 0. The predicted octanol–water partition coefficient (Wildman–Crippen LogP) is 14.1. The molecule has 0 saturated carbocycles. The third-order valence-corrected chi connectivity index (χ3v) is 11.9. The predicted molar refractivity (Wildman–Crippen MR) is 243 cm³/mol. The molecule has 5 nitrogen and oxygen atoms in total. The lowest BCUT2D eigenvalue weighted by Gasteiger charge is -2.26. The van der Waals surface area contributed by atoms with Crippen LogP contribution in [0, 0.1) is 0 Å². The molecule has 1 aliphatic heterocycles. The lowest BCUT2D eigenvalue weighted by molar-refractivity contribution is 0.483. The summed E-state index contributed by atoms with van der Waals surface area (Å²) in [5.74, 6) is 2.43. The minimum Gasteiger partial charge on any atom is -0.457 e. The molecule has 5 heteroatoms. The van der Waals surface area contributed by atoms with Crippen LogP contribution in [0.4, 0.5) is 22.7 Å². The van der Waals surface area contributed by atoms with E-state index >= 15 is 0 Å². The Kier molecular flexibility index (Phi) is 8.96. The topological polar surface area (TPSA) is 33.5 Å². The molecule has 6 aromatic carbocycles. The minimum absolute atomic E-state index is 0.0152. The van der Waals surface area contributed by atoms with Crippen LogP contribution in [-0.4, -0.2) is 16.2 Å². The number of ether oxygens (including phenoxy) is 1. The van der Waals surface area contributed by atoms with Crippen LogP contribution in [-0.2, 0) is 16.2 Å². The summed E-state index contributed by atoms with van der Waals surface area (Å²) >= 11 is 0. The van der Waals surface area contributed by atoms with Gasteiger partial charge in [0.25, 0.3) is 0 Å². The maximum Gasteiger partial charge on any atom is 0.137 e. The van der Waals surface area contributed by atoms with Crippen LogP contribution in [0.5, 0.6) is 11.5 Å². The molecule has 1 aliphatic rings. The Bertz CT molecular complexity index is 2800. The van der Waals surface area contributed by atoms with Gasteiger partial charge in [0.05, 0.1) is 22.4 Å². The van der Waals surface area contributed by atoms with Crippen molar-refractivity contribution in [1.82, 2.24) is 9.55 Å². The van der Waals surface area contributed by atoms with E-state index in [0.717, 1.165) is 39.4 Å². The maximum atomic E-state index is 6.77. The van der Waals surface area contributed by atoms with Gasteiger partial charge in [0, 0.05) is 45.9 Å². The number of nitrogens with zero attached hydrogens (tertiary/aromatic N) is 4. The number of hydrogen-bond donors (Lipinski definition) is 0. The smallest absolute Gasteiger partial charge is 0.137 e. The summed E-state index contributed by atoms with van der Waals surface area (Å²) in [6.45, 7) is 18.9. The molecule has 0 N–H and O–H groups in total. The average Bonchev–Trinajstić information content (AvgIpc) is 3.76. The number of para-hydroxylation sites is 1. The van der Waals surface area contributed by atoms with Crippen molar-refractivity contribution in [3.05, 3.63) is 180 Å². The summed E-state index contributed by atoms with van der Waals surface area (Å²) in [6.07, 6.45) is 1.94. The highest BCUT2D eigenvalue weighted by atomic mass is 16.5. The Morgan fingerprint density at radius 1 is 0.466 bits per heavy atom. The van der Waals surface area contributed by atoms with Gasteiger partial charge in [-0.05, 0) is 99.8 Å². The van der Waals surface area contributed by atoms with Gasteiger partial charge in [-0.15, -0.1) is 0 Å². The Morgan fingerprint density at radius 3 is 1.88 bits per heavy atom. The summed E-state index contributed by atoms with van der Waals surface area (Å²) in [5, 5.41) is 2.34. The van der Waals surface area contributed by atoms with E-state index in [1.54, 1.807) is 0 Å². The van der Waals surface area contributed by atoms with Gasteiger partial charge in [-0.1, -0.05) is 128 Å². The maximum absolute atomic E-state index is 6.77. The summed E-state index contributed by atoms with van der Waals surface area (Å²) in [6, 6.07) is 54.5. The number of benzene rings is 6. The number of pyridine rings is 1. The monoisotopic (exact) mass is 760 g/mol. The van der Waals surface area contributed by atoms with E-state index in [1.165, 1.54) is 44.7 Å². The van der Waals surface area contributed by atoms with Crippen molar-refractivity contribution in [3.8, 4) is 17.3 Å². The van der Waals surface area contributed by atoms with Crippen molar-refractivity contribution in [2.45, 2.75) is 71.6 Å². The summed E-state index contributed by atoms with van der Waals surface area (Å²) < 4.78 is 9.04. The van der Waals surface area contributed by atoms with Crippen molar-refractivity contribution >= 4 is 44.6 Å². The normalized spacial score (nSPS) is 13.4. The van der Waals surface area contributed by atoms with Gasteiger partial charge in [-0.2, -0.15) is 0 Å². The molecule has 0 spiro atoms. The van der Waals surface area contributed by atoms with Gasteiger partial charge in [0.1, 0.15) is 24.0 Å². The Hall–Kier alpha value is -6.33. The molecule has 0 fully saturated rings. The van der Waals surface area contributed by atoms with Gasteiger partial charge in [-0.25, -0.2) is 4.98 Å². The highest BCUT2D eigenvalue weighted by Gasteiger charge is 2.31. The van der Waals surface area contributed by atoms with Gasteiger partial charge < -0.3 is 14.5 Å². The highest BCUT2D eigenvalue weighted by molar-refractivity contribution is 6.09. The summed E-state index contributed by atoms with van der Waals surface area (Å²) in [5.41, 5.74) is 11.8. The fourth-order valence-electron chi connectivity index (χ4n) is 8.37. The van der Waals surface area contributed by atoms with Gasteiger partial charge in [-0.3, -0.25) is 4.57 Å². The first-order valence-electron chi connectivity index (χ1n) is 20.4. The molecule has 0 bridgehead atoms. The summed E-state index contributed by atoms with van der Waals surface area (Å²) in [4.78, 5) is 9.80. The molecule has 0 aliphatic carbocycles. The highest BCUT2D eigenvalue weighted by Crippen LogP contribution is 2.47. The first-order chi connectivity index (χ1) is 27.8.